The molecule has 0 heterocycles. The molecule has 0 bridgehead atoms. The van der Waals surface area contributed by atoms with E-state index in [1.807, 2.05) is 26.0 Å². The van der Waals surface area contributed by atoms with Crippen molar-refractivity contribution in [2.24, 2.45) is 0 Å². The van der Waals surface area contributed by atoms with Gasteiger partial charge in [0.2, 0.25) is 0 Å². The van der Waals surface area contributed by atoms with Crippen molar-refractivity contribution in [3.63, 3.8) is 0 Å². The zero-order valence-electron chi connectivity index (χ0n) is 12.9. The summed E-state index contributed by atoms with van der Waals surface area (Å²) in [6.07, 6.45) is -0.894. The average Bonchev–Trinajstić information content (AvgIpc) is 2.50. The van der Waals surface area contributed by atoms with Gasteiger partial charge in [0.05, 0.1) is 12.1 Å². The summed E-state index contributed by atoms with van der Waals surface area (Å²) in [7, 11) is 0. The maximum Gasteiger partial charge on any atom is 0.251 e. The van der Waals surface area contributed by atoms with Gasteiger partial charge in [-0.15, -0.1) is 0 Å². The fourth-order valence-electron chi connectivity index (χ4n) is 2.31. The topological polar surface area (TPSA) is 49.3 Å². The Morgan fingerprint density at radius 1 is 1.14 bits per heavy atom. The molecule has 0 spiro atoms. The number of aliphatic hydroxyl groups excluding tert-OH is 1. The summed E-state index contributed by atoms with van der Waals surface area (Å²) in [5.41, 5.74) is 3.12. The number of rotatable bonds is 4. The van der Waals surface area contributed by atoms with Crippen LogP contribution in [0.15, 0.2) is 42.5 Å². The number of carbonyl (C=O) groups is 1. The van der Waals surface area contributed by atoms with Crippen LogP contribution in [-0.2, 0) is 0 Å². The number of hydrogen-bond acceptors (Lipinski definition) is 2. The van der Waals surface area contributed by atoms with Gasteiger partial charge in [-0.05, 0) is 55.7 Å². The predicted molar refractivity (Wildman–Crippen MR) is 84.2 cm³/mol. The molecule has 0 aliphatic rings. The standard InChI is InChI=1S/C18H20FNO2/c1-11-5-4-6-16(12(11)2)18(22)20-13(3)17(21)14-7-9-15(19)10-8-14/h4-10,13,17,21H,1-3H3,(H,20,22). The van der Waals surface area contributed by atoms with E-state index in [1.165, 1.54) is 24.3 Å². The van der Waals surface area contributed by atoms with E-state index in [9.17, 15) is 14.3 Å². The van der Waals surface area contributed by atoms with Crippen LogP contribution in [0.4, 0.5) is 4.39 Å². The summed E-state index contributed by atoms with van der Waals surface area (Å²) < 4.78 is 12.9. The second-order valence-corrected chi connectivity index (χ2v) is 5.51. The number of hydrogen-bond donors (Lipinski definition) is 2. The van der Waals surface area contributed by atoms with Crippen LogP contribution < -0.4 is 5.32 Å². The van der Waals surface area contributed by atoms with Crippen LogP contribution in [0, 0.1) is 19.7 Å². The van der Waals surface area contributed by atoms with Crippen LogP contribution in [0.1, 0.15) is 40.1 Å². The third kappa shape index (κ3) is 3.52. The first-order valence-electron chi connectivity index (χ1n) is 7.20. The smallest absolute Gasteiger partial charge is 0.251 e. The molecule has 0 radical (unpaired) electrons. The summed E-state index contributed by atoms with van der Waals surface area (Å²) in [5, 5.41) is 13.1. The van der Waals surface area contributed by atoms with Crippen LogP contribution >= 0.6 is 0 Å². The summed E-state index contributed by atoms with van der Waals surface area (Å²) in [4.78, 5) is 12.3. The molecule has 0 fully saturated rings. The number of carbonyl (C=O) groups excluding carboxylic acids is 1. The number of aryl methyl sites for hydroxylation is 1. The van der Waals surface area contributed by atoms with Crippen molar-refractivity contribution in [2.75, 3.05) is 0 Å². The fourth-order valence-corrected chi connectivity index (χ4v) is 2.31. The quantitative estimate of drug-likeness (QED) is 0.910. The minimum absolute atomic E-state index is 0.227. The van der Waals surface area contributed by atoms with Crippen LogP contribution in [0.3, 0.4) is 0 Å². The minimum Gasteiger partial charge on any atom is -0.386 e. The van der Waals surface area contributed by atoms with Crippen molar-refractivity contribution in [2.45, 2.75) is 32.9 Å². The summed E-state index contributed by atoms with van der Waals surface area (Å²) >= 11 is 0. The highest BCUT2D eigenvalue weighted by molar-refractivity contribution is 5.96. The number of aliphatic hydroxyl groups is 1. The Bertz CT molecular complexity index is 667. The zero-order valence-corrected chi connectivity index (χ0v) is 12.9. The molecule has 0 aliphatic carbocycles. The first-order valence-corrected chi connectivity index (χ1v) is 7.20. The Kier molecular flexibility index (Phi) is 4.93. The molecule has 2 aromatic rings. The van der Waals surface area contributed by atoms with Gasteiger partial charge in [0.15, 0.2) is 0 Å². The third-order valence-electron chi connectivity index (χ3n) is 3.89. The van der Waals surface area contributed by atoms with E-state index in [2.05, 4.69) is 5.32 Å². The zero-order chi connectivity index (χ0) is 16.3. The van der Waals surface area contributed by atoms with E-state index in [0.717, 1.165) is 11.1 Å². The lowest BCUT2D eigenvalue weighted by Gasteiger charge is -2.21. The largest absolute Gasteiger partial charge is 0.386 e. The van der Waals surface area contributed by atoms with E-state index in [-0.39, 0.29) is 11.7 Å². The van der Waals surface area contributed by atoms with Gasteiger partial charge in [0.1, 0.15) is 5.82 Å². The first-order chi connectivity index (χ1) is 10.4. The minimum atomic E-state index is -0.894. The number of halogens is 1. The van der Waals surface area contributed by atoms with E-state index in [0.29, 0.717) is 11.1 Å². The van der Waals surface area contributed by atoms with Gasteiger partial charge in [0, 0.05) is 5.56 Å². The second-order valence-electron chi connectivity index (χ2n) is 5.51. The molecule has 2 N–H and O–H groups in total. The second kappa shape index (κ2) is 6.71. The highest BCUT2D eigenvalue weighted by atomic mass is 19.1. The van der Waals surface area contributed by atoms with E-state index >= 15 is 0 Å². The van der Waals surface area contributed by atoms with E-state index < -0.39 is 12.1 Å². The average molecular weight is 301 g/mol. The molecule has 2 aromatic carbocycles. The Morgan fingerprint density at radius 3 is 2.41 bits per heavy atom. The van der Waals surface area contributed by atoms with Gasteiger partial charge in [-0.2, -0.15) is 0 Å². The molecule has 0 saturated carbocycles. The fraction of sp³-hybridized carbons (Fsp3) is 0.278. The van der Waals surface area contributed by atoms with Crippen molar-refractivity contribution >= 4 is 5.91 Å². The summed E-state index contributed by atoms with van der Waals surface area (Å²) in [5.74, 6) is -0.585. The molecule has 4 heteroatoms. The SMILES string of the molecule is Cc1cccc(C(=O)NC(C)C(O)c2ccc(F)cc2)c1C. The van der Waals surface area contributed by atoms with Crippen LogP contribution in [0.5, 0.6) is 0 Å². The van der Waals surface area contributed by atoms with Crippen molar-refractivity contribution < 1.29 is 14.3 Å². The highest BCUT2D eigenvalue weighted by Crippen LogP contribution is 2.18. The van der Waals surface area contributed by atoms with E-state index in [1.54, 1.807) is 13.0 Å². The Hall–Kier alpha value is -2.20. The molecule has 2 unspecified atom stereocenters. The molecule has 3 nitrogen and oxygen atoms in total. The van der Waals surface area contributed by atoms with Crippen molar-refractivity contribution in [1.29, 1.82) is 0 Å². The number of amides is 1. The molecule has 22 heavy (non-hydrogen) atoms. The molecule has 2 rings (SSSR count). The molecule has 2 atom stereocenters. The molecule has 1 amide bonds. The normalized spacial score (nSPS) is 13.5. The van der Waals surface area contributed by atoms with Gasteiger partial charge in [0.25, 0.3) is 5.91 Å². The molecule has 116 valence electrons. The lowest BCUT2D eigenvalue weighted by Crippen LogP contribution is -2.37. The molecule has 0 saturated heterocycles. The van der Waals surface area contributed by atoms with Gasteiger partial charge < -0.3 is 10.4 Å². The van der Waals surface area contributed by atoms with Gasteiger partial charge in [-0.25, -0.2) is 4.39 Å². The van der Waals surface area contributed by atoms with E-state index in [4.69, 9.17) is 0 Å². The van der Waals surface area contributed by atoms with Crippen molar-refractivity contribution in [3.05, 3.63) is 70.5 Å². The summed E-state index contributed by atoms with van der Waals surface area (Å²) in [6.45, 7) is 5.56. The molecular weight excluding hydrogens is 281 g/mol. The van der Waals surface area contributed by atoms with Crippen LogP contribution in [-0.4, -0.2) is 17.1 Å². The lowest BCUT2D eigenvalue weighted by molar-refractivity contribution is 0.0851. The van der Waals surface area contributed by atoms with Gasteiger partial charge in [-0.1, -0.05) is 24.3 Å². The molecule has 0 aromatic heterocycles. The van der Waals surface area contributed by atoms with Crippen molar-refractivity contribution in [1.82, 2.24) is 5.32 Å². The van der Waals surface area contributed by atoms with Crippen LogP contribution in [0.25, 0.3) is 0 Å². The van der Waals surface area contributed by atoms with Crippen LogP contribution in [0.2, 0.25) is 0 Å². The molecular formula is C18H20FNO2. The Labute approximate surface area is 129 Å². The Morgan fingerprint density at radius 2 is 1.77 bits per heavy atom. The Balaban J connectivity index is 2.10. The highest BCUT2D eigenvalue weighted by Gasteiger charge is 2.20. The van der Waals surface area contributed by atoms with Crippen molar-refractivity contribution in [3.8, 4) is 0 Å². The van der Waals surface area contributed by atoms with Gasteiger partial charge in [-0.3, -0.25) is 4.79 Å². The predicted octanol–water partition coefficient (Wildman–Crippen LogP) is 3.29. The maximum atomic E-state index is 12.9. The lowest BCUT2D eigenvalue weighted by atomic mass is 10.0. The molecule has 0 aliphatic heterocycles. The first kappa shape index (κ1) is 16.2. The maximum absolute atomic E-state index is 12.9. The summed E-state index contributed by atoms with van der Waals surface area (Å²) in [6, 6.07) is 10.7. The number of nitrogens with one attached hydrogen (secondary N) is 1. The number of benzene rings is 2. The monoisotopic (exact) mass is 301 g/mol. The van der Waals surface area contributed by atoms with Gasteiger partial charge >= 0.3 is 0 Å². The third-order valence-corrected chi connectivity index (χ3v) is 3.89.